The third-order valence-electron chi connectivity index (χ3n) is 11.4. The van der Waals surface area contributed by atoms with E-state index >= 15 is 0 Å². The summed E-state index contributed by atoms with van der Waals surface area (Å²) in [5.74, 6) is 1.26. The molecule has 0 amide bonds. The van der Waals surface area contributed by atoms with Gasteiger partial charge in [0.2, 0.25) is 0 Å². The van der Waals surface area contributed by atoms with Crippen molar-refractivity contribution in [2.24, 2.45) is 0 Å². The second-order valence-electron chi connectivity index (χ2n) is 15.7. The molecule has 0 bridgehead atoms. The van der Waals surface area contributed by atoms with E-state index < -0.39 is 16.2 Å². The summed E-state index contributed by atoms with van der Waals surface area (Å²) in [6.45, 7) is 1.67. The number of nitro groups is 1. The third kappa shape index (κ3) is 8.91. The molecule has 64 heavy (non-hydrogen) atoms. The Bertz CT molecular complexity index is 3030. The predicted octanol–water partition coefficient (Wildman–Crippen LogP) is 6.14. The highest BCUT2D eigenvalue weighted by Crippen LogP contribution is 2.31. The number of benzene rings is 2. The molecule has 2 atom stereocenters. The standard InChI is InChI=1S/C23H22N6O4.C23H24N6O2/c30-23-18(29(31)32)9-6-11-27(23)14-19-26-21-17(13-16-7-2-1-3-8-16)24-15-25-22(21)28(19)20-10-4-5-12-33-20;24-17-9-6-11-28(23(17)30)14-19-27-21-18(13-16-7-2-1-3-8-16)25-15-26-22(21)29(19)20-10-4-5-12-31-20/h1-3,6-9,11,15,20H,4-5,10,12-14H2;1-3,6-9,11,15,20H,4-5,10,12-14,24H2. The SMILES string of the molecule is Nc1cccn(Cc2nc3c(Cc4ccccc4)ncnc3n2C2CCCCO2)c1=O.O=c1c([N+](=O)[O-])cccn1Cc1nc2c(Cc3ccccc3)ncnc2n1C1CCCCO1. The number of anilines is 1. The van der Waals surface area contributed by atoms with E-state index in [2.05, 4.69) is 32.1 Å². The first kappa shape index (κ1) is 41.9. The lowest BCUT2D eigenvalue weighted by Gasteiger charge is -2.25. The van der Waals surface area contributed by atoms with Crippen LogP contribution in [0.4, 0.5) is 11.4 Å². The maximum atomic E-state index is 12.7. The summed E-state index contributed by atoms with van der Waals surface area (Å²) in [6, 6.07) is 26.2. The quantitative estimate of drug-likeness (QED) is 0.114. The van der Waals surface area contributed by atoms with E-state index in [1.54, 1.807) is 29.2 Å². The summed E-state index contributed by atoms with van der Waals surface area (Å²) < 4.78 is 18.9. The van der Waals surface area contributed by atoms with Gasteiger partial charge in [0.05, 0.1) is 35.1 Å². The maximum absolute atomic E-state index is 12.7. The topological polar surface area (TPSA) is 219 Å². The first-order valence-electron chi connectivity index (χ1n) is 21.3. The zero-order valence-electron chi connectivity index (χ0n) is 35.0. The van der Waals surface area contributed by atoms with Crippen LogP contribution in [0, 0.1) is 10.1 Å². The fourth-order valence-corrected chi connectivity index (χ4v) is 8.29. The minimum atomic E-state index is -0.679. The minimum Gasteiger partial charge on any atom is -0.394 e. The van der Waals surface area contributed by atoms with Gasteiger partial charge in [-0.3, -0.25) is 28.8 Å². The van der Waals surface area contributed by atoms with E-state index in [0.717, 1.165) is 72.2 Å². The van der Waals surface area contributed by atoms with Gasteiger partial charge in [0.1, 0.15) is 47.8 Å². The normalized spacial score (nSPS) is 16.4. The molecule has 2 aromatic carbocycles. The van der Waals surface area contributed by atoms with Crippen molar-refractivity contribution >= 4 is 33.7 Å². The lowest BCUT2D eigenvalue weighted by molar-refractivity contribution is -0.386. The molecule has 0 radical (unpaired) electrons. The van der Waals surface area contributed by atoms with Gasteiger partial charge in [-0.2, -0.15) is 0 Å². The minimum absolute atomic E-state index is 0.0571. The molecule has 18 heteroatoms. The summed E-state index contributed by atoms with van der Waals surface area (Å²) in [4.78, 5) is 63.5. The van der Waals surface area contributed by atoms with Crippen molar-refractivity contribution in [3.63, 3.8) is 0 Å². The monoisotopic (exact) mass is 862 g/mol. The van der Waals surface area contributed by atoms with Gasteiger partial charge in [0, 0.05) is 44.5 Å². The van der Waals surface area contributed by atoms with E-state index in [-0.39, 0.29) is 36.8 Å². The fraction of sp³-hybridized carbons (Fsp3) is 0.304. The molecule has 0 aliphatic carbocycles. The highest BCUT2D eigenvalue weighted by atomic mass is 16.6. The van der Waals surface area contributed by atoms with Gasteiger partial charge in [-0.1, -0.05) is 60.7 Å². The first-order chi connectivity index (χ1) is 31.3. The molecule has 8 heterocycles. The highest BCUT2D eigenvalue weighted by molar-refractivity contribution is 5.75. The Labute approximate surface area is 366 Å². The molecule has 8 aromatic rings. The number of nitrogens with zero attached hydrogens (tertiary/aromatic N) is 11. The summed E-state index contributed by atoms with van der Waals surface area (Å²) >= 11 is 0. The van der Waals surface area contributed by atoms with Gasteiger partial charge in [-0.25, -0.2) is 29.9 Å². The van der Waals surface area contributed by atoms with Crippen LogP contribution in [-0.2, 0) is 35.4 Å². The second-order valence-corrected chi connectivity index (χ2v) is 15.7. The molecule has 2 aliphatic rings. The molecule has 6 aromatic heterocycles. The fourth-order valence-electron chi connectivity index (χ4n) is 8.29. The zero-order chi connectivity index (χ0) is 44.0. The Morgan fingerprint density at radius 1 is 0.625 bits per heavy atom. The van der Waals surface area contributed by atoms with E-state index in [9.17, 15) is 19.7 Å². The molecule has 2 N–H and O–H groups in total. The van der Waals surface area contributed by atoms with Crippen LogP contribution in [-0.4, -0.2) is 66.3 Å². The number of pyridine rings is 2. The number of fused-ring (bicyclic) bond motifs is 2. The van der Waals surface area contributed by atoms with Crippen LogP contribution in [0.3, 0.4) is 0 Å². The first-order valence-corrected chi connectivity index (χ1v) is 21.3. The van der Waals surface area contributed by atoms with Crippen LogP contribution in [0.2, 0.25) is 0 Å². The largest absolute Gasteiger partial charge is 0.394 e. The highest BCUT2D eigenvalue weighted by Gasteiger charge is 2.27. The van der Waals surface area contributed by atoms with Crippen LogP contribution in [0.1, 0.15) is 85.1 Å². The Kier molecular flexibility index (Phi) is 12.4. The smallest absolute Gasteiger partial charge is 0.334 e. The molecule has 2 aliphatic heterocycles. The van der Waals surface area contributed by atoms with Crippen molar-refractivity contribution in [1.82, 2.24) is 48.2 Å². The average molecular weight is 863 g/mol. The number of hydrogen-bond donors (Lipinski definition) is 1. The van der Waals surface area contributed by atoms with Crippen molar-refractivity contribution in [3.8, 4) is 0 Å². The van der Waals surface area contributed by atoms with Crippen LogP contribution < -0.4 is 16.9 Å². The van der Waals surface area contributed by atoms with E-state index in [1.165, 1.54) is 29.2 Å². The van der Waals surface area contributed by atoms with Crippen molar-refractivity contribution in [1.29, 1.82) is 0 Å². The predicted molar refractivity (Wildman–Crippen MR) is 237 cm³/mol. The number of nitrogens with two attached hydrogens (primary N) is 1. The van der Waals surface area contributed by atoms with Gasteiger partial charge in [0.15, 0.2) is 11.3 Å². The lowest BCUT2D eigenvalue weighted by Crippen LogP contribution is -2.26. The van der Waals surface area contributed by atoms with E-state index in [0.29, 0.717) is 48.9 Å². The molecule has 0 spiro atoms. The number of imidazole rings is 2. The van der Waals surface area contributed by atoms with Gasteiger partial charge < -0.3 is 24.3 Å². The summed E-state index contributed by atoms with van der Waals surface area (Å²) in [5.41, 5.74) is 11.3. The van der Waals surface area contributed by atoms with Gasteiger partial charge in [-0.15, -0.1) is 0 Å². The van der Waals surface area contributed by atoms with E-state index in [4.69, 9.17) is 25.2 Å². The van der Waals surface area contributed by atoms with Crippen LogP contribution in [0.5, 0.6) is 0 Å². The van der Waals surface area contributed by atoms with Gasteiger partial charge in [0.25, 0.3) is 5.56 Å². The molecule has 2 fully saturated rings. The Morgan fingerprint density at radius 3 is 1.58 bits per heavy atom. The Hall–Kier alpha value is -7.44. The summed E-state index contributed by atoms with van der Waals surface area (Å²) in [5, 5.41) is 11.2. The Balaban J connectivity index is 0.000000162. The molecular weight excluding hydrogens is 817 g/mol. The number of nitrogen functional groups attached to an aromatic ring is 1. The summed E-state index contributed by atoms with van der Waals surface area (Å²) in [7, 11) is 0. The van der Waals surface area contributed by atoms with Crippen LogP contribution in [0.25, 0.3) is 22.3 Å². The lowest BCUT2D eigenvalue weighted by atomic mass is 10.1. The van der Waals surface area contributed by atoms with Crippen LogP contribution in [0.15, 0.2) is 120 Å². The summed E-state index contributed by atoms with van der Waals surface area (Å²) in [6.07, 6.45) is 12.9. The molecule has 2 unspecified atom stereocenters. The molecule has 326 valence electrons. The molecule has 0 saturated carbocycles. The molecule has 2 saturated heterocycles. The van der Waals surface area contributed by atoms with Gasteiger partial charge in [-0.05, 0) is 67.9 Å². The number of aromatic nitrogens is 10. The van der Waals surface area contributed by atoms with Crippen LogP contribution >= 0.6 is 0 Å². The maximum Gasteiger partial charge on any atom is 0.334 e. The molecular formula is C46H46N12O6. The van der Waals surface area contributed by atoms with Crippen molar-refractivity contribution in [3.05, 3.63) is 175 Å². The number of rotatable bonds is 11. The van der Waals surface area contributed by atoms with Crippen molar-refractivity contribution in [2.75, 3.05) is 18.9 Å². The second kappa shape index (κ2) is 18.9. The number of ether oxygens (including phenoxy) is 2. The van der Waals surface area contributed by atoms with Crippen molar-refractivity contribution in [2.45, 2.75) is 76.9 Å². The molecule has 10 rings (SSSR count). The van der Waals surface area contributed by atoms with E-state index in [1.807, 2.05) is 57.7 Å². The third-order valence-corrected chi connectivity index (χ3v) is 11.4. The molecule has 18 nitrogen and oxygen atoms in total. The Morgan fingerprint density at radius 2 is 1.11 bits per heavy atom. The number of hydrogen-bond acceptors (Lipinski definition) is 13. The average Bonchev–Trinajstić information content (AvgIpc) is 3.89. The van der Waals surface area contributed by atoms with Crippen molar-refractivity contribution < 1.29 is 14.4 Å². The van der Waals surface area contributed by atoms with Gasteiger partial charge >= 0.3 is 11.2 Å². The zero-order valence-corrected chi connectivity index (χ0v) is 35.0.